The molecule has 6 nitrogen and oxygen atoms in total. The van der Waals surface area contributed by atoms with E-state index in [4.69, 9.17) is 4.74 Å². The van der Waals surface area contributed by atoms with Gasteiger partial charge in [0.1, 0.15) is 6.17 Å². The van der Waals surface area contributed by atoms with Crippen LogP contribution in [0.25, 0.3) is 0 Å². The summed E-state index contributed by atoms with van der Waals surface area (Å²) in [4.78, 5) is 2.67. The van der Waals surface area contributed by atoms with Crippen LogP contribution in [0.5, 0.6) is 0 Å². The summed E-state index contributed by atoms with van der Waals surface area (Å²) in [6.07, 6.45) is 7.23. The van der Waals surface area contributed by atoms with Crippen LogP contribution in [0, 0.1) is 5.92 Å². The van der Waals surface area contributed by atoms with Gasteiger partial charge in [-0.15, -0.1) is 0 Å². The minimum absolute atomic E-state index is 0.245. The molecule has 0 aromatic carbocycles. The van der Waals surface area contributed by atoms with Gasteiger partial charge in [0.05, 0.1) is 24.5 Å². The normalized spacial score (nSPS) is 48.1. The van der Waals surface area contributed by atoms with Crippen molar-refractivity contribution < 1.29 is 9.13 Å². The molecule has 148 valence electrons. The molecular formula is C19H34FN5O. The minimum atomic E-state index is -0.641. The molecule has 7 unspecified atom stereocenters. The van der Waals surface area contributed by atoms with Crippen molar-refractivity contribution in [1.29, 1.82) is 0 Å². The van der Waals surface area contributed by atoms with Gasteiger partial charge in [-0.1, -0.05) is 0 Å². The predicted molar refractivity (Wildman–Crippen MR) is 98.2 cm³/mol. The summed E-state index contributed by atoms with van der Waals surface area (Å²) in [5, 5.41) is 10.0. The lowest BCUT2D eigenvalue weighted by Crippen LogP contribution is -2.65. The number of nitrogens with zero attached hydrogens (tertiary/aromatic N) is 2. The highest BCUT2D eigenvalue weighted by molar-refractivity contribution is 4.99. The van der Waals surface area contributed by atoms with E-state index in [2.05, 4.69) is 26.0 Å². The van der Waals surface area contributed by atoms with Gasteiger partial charge in [0.15, 0.2) is 0 Å². The van der Waals surface area contributed by atoms with Crippen LogP contribution in [-0.2, 0) is 4.74 Å². The van der Waals surface area contributed by atoms with Crippen molar-refractivity contribution in [2.45, 2.75) is 81.6 Å². The van der Waals surface area contributed by atoms with Crippen LogP contribution < -0.4 is 16.1 Å². The first-order valence-electron chi connectivity index (χ1n) is 10.8. The van der Waals surface area contributed by atoms with Crippen LogP contribution in [0.4, 0.5) is 4.39 Å². The first-order chi connectivity index (χ1) is 12.8. The molecule has 4 heterocycles. The number of hydrogen-bond acceptors (Lipinski definition) is 6. The summed E-state index contributed by atoms with van der Waals surface area (Å²) in [6, 6.07) is 0.918. The molecule has 4 saturated heterocycles. The van der Waals surface area contributed by atoms with Gasteiger partial charge in [-0.2, -0.15) is 0 Å². The van der Waals surface area contributed by atoms with E-state index in [1.165, 1.54) is 12.8 Å². The number of fused-ring (bicyclic) bond motifs is 5. The van der Waals surface area contributed by atoms with E-state index < -0.39 is 6.17 Å². The molecule has 5 fully saturated rings. The summed E-state index contributed by atoms with van der Waals surface area (Å²) in [5.41, 5.74) is 3.55. The first-order valence-corrected chi connectivity index (χ1v) is 10.8. The van der Waals surface area contributed by atoms with Crippen molar-refractivity contribution in [2.75, 3.05) is 32.8 Å². The number of hydrazine groups is 1. The zero-order valence-electron chi connectivity index (χ0n) is 15.7. The maximum absolute atomic E-state index is 14.3. The fourth-order valence-electron chi connectivity index (χ4n) is 6.05. The number of ether oxygens (including phenoxy) is 1. The third kappa shape index (κ3) is 3.31. The maximum Gasteiger partial charge on any atom is 0.101 e. The van der Waals surface area contributed by atoms with Gasteiger partial charge in [-0.3, -0.25) is 15.6 Å². The third-order valence-electron chi connectivity index (χ3n) is 7.30. The van der Waals surface area contributed by atoms with E-state index in [0.717, 1.165) is 52.0 Å². The number of nitrogens with one attached hydrogen (secondary N) is 3. The second-order valence-corrected chi connectivity index (χ2v) is 8.82. The van der Waals surface area contributed by atoms with E-state index >= 15 is 0 Å². The molecule has 0 aromatic heterocycles. The molecule has 1 saturated carbocycles. The first kappa shape index (κ1) is 17.8. The van der Waals surface area contributed by atoms with Gasteiger partial charge in [0, 0.05) is 31.7 Å². The fraction of sp³-hybridized carbons (Fsp3) is 1.00. The molecule has 5 aliphatic rings. The lowest BCUT2D eigenvalue weighted by molar-refractivity contribution is -0.0661. The largest absolute Gasteiger partial charge is 0.378 e. The average molecular weight is 368 g/mol. The van der Waals surface area contributed by atoms with Crippen LogP contribution in [-0.4, -0.2) is 79.4 Å². The Morgan fingerprint density at radius 3 is 2.96 bits per heavy atom. The Balaban J connectivity index is 1.39. The van der Waals surface area contributed by atoms with Gasteiger partial charge < -0.3 is 10.1 Å². The lowest BCUT2D eigenvalue weighted by atomic mass is 9.79. The second kappa shape index (κ2) is 7.60. The number of alkyl halides is 1. The van der Waals surface area contributed by atoms with Crippen molar-refractivity contribution in [2.24, 2.45) is 5.92 Å². The zero-order chi connectivity index (χ0) is 17.5. The Kier molecular flexibility index (Phi) is 5.20. The van der Waals surface area contributed by atoms with Crippen molar-refractivity contribution >= 4 is 0 Å². The molecule has 7 atom stereocenters. The average Bonchev–Trinajstić information content (AvgIpc) is 3.28. The van der Waals surface area contributed by atoms with Crippen molar-refractivity contribution in [3.8, 4) is 0 Å². The molecule has 4 aliphatic heterocycles. The smallest absolute Gasteiger partial charge is 0.101 e. The highest BCUT2D eigenvalue weighted by Gasteiger charge is 2.46. The highest BCUT2D eigenvalue weighted by Crippen LogP contribution is 2.39. The standard InChI is InChI=1S/C19H34FN5O/c20-13-4-5-17-14(11-13)16-3-1-8-24(16)18-6-9-25-19(23-18)15(12-22-25)21-7-2-10-26-17/h13-19,21-23H,1-12H2. The third-order valence-corrected chi connectivity index (χ3v) is 7.30. The Labute approximate surface area is 156 Å². The predicted octanol–water partition coefficient (Wildman–Crippen LogP) is 0.802. The van der Waals surface area contributed by atoms with E-state index in [0.29, 0.717) is 43.2 Å². The quantitative estimate of drug-likeness (QED) is 0.589. The van der Waals surface area contributed by atoms with Crippen LogP contribution >= 0.6 is 0 Å². The Morgan fingerprint density at radius 1 is 1.04 bits per heavy atom. The van der Waals surface area contributed by atoms with Gasteiger partial charge >= 0.3 is 0 Å². The summed E-state index contributed by atoms with van der Waals surface area (Å²) in [7, 11) is 0. The Morgan fingerprint density at radius 2 is 2.00 bits per heavy atom. The van der Waals surface area contributed by atoms with Crippen molar-refractivity contribution in [3.05, 3.63) is 0 Å². The molecular weight excluding hydrogens is 333 g/mol. The number of hydrogen-bond donors (Lipinski definition) is 3. The fourth-order valence-corrected chi connectivity index (χ4v) is 6.05. The van der Waals surface area contributed by atoms with Gasteiger partial charge in [0.25, 0.3) is 0 Å². The van der Waals surface area contributed by atoms with E-state index in [-0.39, 0.29) is 6.10 Å². The zero-order valence-corrected chi connectivity index (χ0v) is 15.7. The lowest BCUT2D eigenvalue weighted by Gasteiger charge is -2.46. The molecule has 2 bridgehead atoms. The summed E-state index contributed by atoms with van der Waals surface area (Å²) in [6.45, 7) is 4.99. The summed E-state index contributed by atoms with van der Waals surface area (Å²) in [5.74, 6) is 0.354. The van der Waals surface area contributed by atoms with Crippen LogP contribution in [0.3, 0.4) is 0 Å². The highest BCUT2D eigenvalue weighted by atomic mass is 19.1. The molecule has 7 heteroatoms. The van der Waals surface area contributed by atoms with E-state index in [9.17, 15) is 4.39 Å². The molecule has 5 rings (SSSR count). The molecule has 26 heavy (non-hydrogen) atoms. The SMILES string of the molecule is FC1CCC2OCCCNC3CNN4CCC(NC34)N3CCCC3C2C1. The van der Waals surface area contributed by atoms with Gasteiger partial charge in [-0.05, 0) is 58.0 Å². The summed E-state index contributed by atoms with van der Waals surface area (Å²) >= 11 is 0. The molecule has 0 radical (unpaired) electrons. The van der Waals surface area contributed by atoms with Crippen LogP contribution in [0.1, 0.15) is 44.9 Å². The molecule has 3 N–H and O–H groups in total. The monoisotopic (exact) mass is 367 g/mol. The van der Waals surface area contributed by atoms with Gasteiger partial charge in [-0.25, -0.2) is 9.40 Å². The minimum Gasteiger partial charge on any atom is -0.378 e. The van der Waals surface area contributed by atoms with Crippen molar-refractivity contribution in [1.82, 2.24) is 26.0 Å². The van der Waals surface area contributed by atoms with Crippen LogP contribution in [0.15, 0.2) is 0 Å². The number of rotatable bonds is 0. The molecule has 1 aliphatic carbocycles. The molecule has 0 amide bonds. The Hall–Kier alpha value is -0.310. The summed E-state index contributed by atoms with van der Waals surface area (Å²) < 4.78 is 20.6. The van der Waals surface area contributed by atoms with Crippen LogP contribution in [0.2, 0.25) is 0 Å². The Bertz CT molecular complexity index is 497. The number of halogens is 1. The van der Waals surface area contributed by atoms with Crippen molar-refractivity contribution in [3.63, 3.8) is 0 Å². The van der Waals surface area contributed by atoms with E-state index in [1.54, 1.807) is 0 Å². The topological polar surface area (TPSA) is 51.8 Å². The van der Waals surface area contributed by atoms with E-state index in [1.807, 2.05) is 0 Å². The molecule has 0 spiro atoms. The second-order valence-electron chi connectivity index (χ2n) is 8.82. The molecule has 0 aromatic rings. The van der Waals surface area contributed by atoms with Gasteiger partial charge in [0.2, 0.25) is 0 Å². The maximum atomic E-state index is 14.3.